The van der Waals surface area contributed by atoms with Gasteiger partial charge in [-0.2, -0.15) is 0 Å². The molecule has 0 atom stereocenters. The number of rotatable bonds is 5. The first kappa shape index (κ1) is 19.5. The quantitative estimate of drug-likeness (QED) is 0.750. The van der Waals surface area contributed by atoms with E-state index in [1.165, 1.54) is 18.2 Å². The molecular weight excluding hydrogens is 380 g/mol. The number of carbonyl (C=O) groups excluding carboxylic acids is 1. The third-order valence-corrected chi connectivity index (χ3v) is 4.80. The standard InChI is InChI=1S/C20H18N2O5S/c1-3-27-16-8-12(5-7-15(16)23)9-17-18(24)22-20(28-17)21-14-10-13(19(25)26)6-4-11(14)2/h4-10,23H,3H2,1-2H3,(H,25,26)(H,21,22,24)/p-1/b17-9-. The summed E-state index contributed by atoms with van der Waals surface area (Å²) in [7, 11) is 0. The Morgan fingerprint density at radius 2 is 2.11 bits per heavy atom. The number of aryl methyl sites for hydroxylation is 1. The largest absolute Gasteiger partial charge is 0.870 e. The minimum absolute atomic E-state index is 0.121. The Morgan fingerprint density at radius 1 is 1.32 bits per heavy atom. The summed E-state index contributed by atoms with van der Waals surface area (Å²) < 4.78 is 5.29. The highest BCUT2D eigenvalue weighted by Gasteiger charge is 2.24. The summed E-state index contributed by atoms with van der Waals surface area (Å²) in [6, 6.07) is 9.22. The van der Waals surface area contributed by atoms with Gasteiger partial charge in [-0.05, 0) is 61.0 Å². The third-order valence-electron chi connectivity index (χ3n) is 3.89. The lowest BCUT2D eigenvalue weighted by Crippen LogP contribution is -2.19. The van der Waals surface area contributed by atoms with Crippen molar-refractivity contribution in [3.05, 3.63) is 58.0 Å². The molecule has 0 bridgehead atoms. The lowest BCUT2D eigenvalue weighted by Gasteiger charge is -2.13. The summed E-state index contributed by atoms with van der Waals surface area (Å²) in [5.41, 5.74) is 2.04. The number of nitrogens with zero attached hydrogens (tertiary/aromatic N) is 1. The van der Waals surface area contributed by atoms with E-state index in [2.05, 4.69) is 10.3 Å². The zero-order chi connectivity index (χ0) is 20.3. The van der Waals surface area contributed by atoms with Gasteiger partial charge in [0.25, 0.3) is 5.91 Å². The molecule has 0 aliphatic carbocycles. The van der Waals surface area contributed by atoms with Crippen LogP contribution in [0.2, 0.25) is 0 Å². The molecule has 7 nitrogen and oxygen atoms in total. The molecule has 1 amide bonds. The van der Waals surface area contributed by atoms with Gasteiger partial charge in [0.1, 0.15) is 5.75 Å². The van der Waals surface area contributed by atoms with E-state index in [-0.39, 0.29) is 23.0 Å². The highest BCUT2D eigenvalue weighted by Crippen LogP contribution is 2.31. The second-order valence-corrected chi connectivity index (χ2v) is 6.96. The van der Waals surface area contributed by atoms with E-state index >= 15 is 0 Å². The molecule has 1 fully saturated rings. The van der Waals surface area contributed by atoms with Gasteiger partial charge in [0, 0.05) is 0 Å². The molecule has 28 heavy (non-hydrogen) atoms. The molecule has 1 heterocycles. The highest BCUT2D eigenvalue weighted by molar-refractivity contribution is 8.18. The first-order valence-electron chi connectivity index (χ1n) is 8.44. The predicted molar refractivity (Wildman–Crippen MR) is 106 cm³/mol. The fourth-order valence-electron chi connectivity index (χ4n) is 2.49. The van der Waals surface area contributed by atoms with Gasteiger partial charge in [-0.25, -0.2) is 9.79 Å². The van der Waals surface area contributed by atoms with Crippen LogP contribution in [0, 0.1) is 6.92 Å². The Balaban J connectivity index is 1.87. The minimum Gasteiger partial charge on any atom is -0.870 e. The van der Waals surface area contributed by atoms with Crippen LogP contribution in [0.5, 0.6) is 11.5 Å². The number of aromatic carboxylic acids is 1. The van der Waals surface area contributed by atoms with Gasteiger partial charge in [0.2, 0.25) is 0 Å². The number of carboxylic acid groups (broad SMARTS) is 1. The SMILES string of the molecule is CCOc1cc(/C=C2\SC(=Nc3cc(C(=O)O)ccc3C)NC2=O)ccc1[O-]. The number of carbonyl (C=O) groups is 2. The second kappa shape index (κ2) is 8.18. The second-order valence-electron chi connectivity index (χ2n) is 5.93. The summed E-state index contributed by atoms with van der Waals surface area (Å²) in [4.78, 5) is 28.2. The Labute approximate surface area is 165 Å². The smallest absolute Gasteiger partial charge is 0.335 e. The van der Waals surface area contributed by atoms with E-state index in [4.69, 9.17) is 9.84 Å². The molecule has 1 aliphatic heterocycles. The van der Waals surface area contributed by atoms with E-state index in [0.29, 0.717) is 27.9 Å². The fraction of sp³-hybridized carbons (Fsp3) is 0.150. The molecule has 8 heteroatoms. The number of hydrogen-bond donors (Lipinski definition) is 2. The first-order valence-corrected chi connectivity index (χ1v) is 9.26. The topological polar surface area (TPSA) is 111 Å². The van der Waals surface area contributed by atoms with Crippen molar-refractivity contribution in [2.24, 2.45) is 4.99 Å². The van der Waals surface area contributed by atoms with E-state index in [0.717, 1.165) is 17.3 Å². The summed E-state index contributed by atoms with van der Waals surface area (Å²) in [6.45, 7) is 3.97. The maximum Gasteiger partial charge on any atom is 0.335 e. The van der Waals surface area contributed by atoms with Gasteiger partial charge < -0.3 is 20.3 Å². The number of hydrogen-bond acceptors (Lipinski definition) is 6. The molecule has 0 saturated carbocycles. The van der Waals surface area contributed by atoms with Gasteiger partial charge in [0.05, 0.1) is 22.8 Å². The molecule has 2 N–H and O–H groups in total. The molecule has 0 aromatic heterocycles. The summed E-state index contributed by atoms with van der Waals surface area (Å²) in [6.07, 6.45) is 1.64. The van der Waals surface area contributed by atoms with Gasteiger partial charge >= 0.3 is 5.97 Å². The molecule has 0 radical (unpaired) electrons. The summed E-state index contributed by atoms with van der Waals surface area (Å²) >= 11 is 1.14. The molecule has 2 aromatic carbocycles. The van der Waals surface area contributed by atoms with E-state index in [9.17, 15) is 14.7 Å². The van der Waals surface area contributed by atoms with Crippen molar-refractivity contribution in [3.63, 3.8) is 0 Å². The van der Waals surface area contributed by atoms with Crippen LogP contribution < -0.4 is 15.2 Å². The van der Waals surface area contributed by atoms with Crippen LogP contribution in [0.3, 0.4) is 0 Å². The lowest BCUT2D eigenvalue weighted by atomic mass is 10.1. The third kappa shape index (κ3) is 4.34. The highest BCUT2D eigenvalue weighted by atomic mass is 32.2. The van der Waals surface area contributed by atoms with Gasteiger partial charge in [0.15, 0.2) is 5.17 Å². The molecule has 0 spiro atoms. The Kier molecular flexibility index (Phi) is 5.70. The predicted octanol–water partition coefficient (Wildman–Crippen LogP) is 3.06. The van der Waals surface area contributed by atoms with E-state index in [1.54, 1.807) is 31.2 Å². The van der Waals surface area contributed by atoms with Crippen molar-refractivity contribution in [3.8, 4) is 11.5 Å². The van der Waals surface area contributed by atoms with E-state index < -0.39 is 5.97 Å². The summed E-state index contributed by atoms with van der Waals surface area (Å²) in [5.74, 6) is -1.35. The maximum atomic E-state index is 12.2. The van der Waals surface area contributed by atoms with Crippen LogP contribution in [0.15, 0.2) is 46.3 Å². The average Bonchev–Trinajstić information content (AvgIpc) is 2.99. The van der Waals surface area contributed by atoms with Crippen LogP contribution >= 0.6 is 11.8 Å². The van der Waals surface area contributed by atoms with Crippen LogP contribution in [-0.4, -0.2) is 28.8 Å². The molecule has 2 aromatic rings. The number of nitrogens with one attached hydrogen (secondary N) is 1. The number of thioether (sulfide) groups is 1. The molecule has 1 aliphatic rings. The van der Waals surface area contributed by atoms with Crippen molar-refractivity contribution >= 4 is 40.6 Å². The Hall–Kier alpha value is -3.26. The van der Waals surface area contributed by atoms with Crippen molar-refractivity contribution in [1.82, 2.24) is 5.32 Å². The van der Waals surface area contributed by atoms with Crippen LogP contribution in [0.25, 0.3) is 6.08 Å². The Bertz CT molecular complexity index is 1010. The molecule has 1 saturated heterocycles. The van der Waals surface area contributed by atoms with Crippen LogP contribution in [-0.2, 0) is 4.79 Å². The average molecular weight is 397 g/mol. The number of aliphatic imine (C=N–C) groups is 1. The van der Waals surface area contributed by atoms with Gasteiger partial charge in [-0.3, -0.25) is 4.79 Å². The molecule has 144 valence electrons. The normalized spacial score (nSPS) is 16.4. The zero-order valence-corrected chi connectivity index (χ0v) is 16.0. The number of amides is 1. The molecular formula is C20H17N2O5S-. The van der Waals surface area contributed by atoms with Crippen LogP contribution in [0.4, 0.5) is 5.69 Å². The van der Waals surface area contributed by atoms with Crippen molar-refractivity contribution in [2.45, 2.75) is 13.8 Å². The van der Waals surface area contributed by atoms with Crippen LogP contribution in [0.1, 0.15) is 28.4 Å². The number of carboxylic acids is 1. The lowest BCUT2D eigenvalue weighted by molar-refractivity contribution is -0.270. The van der Waals surface area contributed by atoms with Crippen molar-refractivity contribution in [1.29, 1.82) is 0 Å². The van der Waals surface area contributed by atoms with Gasteiger partial charge in [-0.15, -0.1) is 0 Å². The fourth-order valence-corrected chi connectivity index (χ4v) is 3.32. The minimum atomic E-state index is -1.04. The van der Waals surface area contributed by atoms with Crippen molar-refractivity contribution < 1.29 is 24.5 Å². The van der Waals surface area contributed by atoms with Gasteiger partial charge in [-0.1, -0.05) is 23.9 Å². The Morgan fingerprint density at radius 3 is 2.82 bits per heavy atom. The molecule has 0 unspecified atom stereocenters. The molecule has 3 rings (SSSR count). The van der Waals surface area contributed by atoms with Crippen molar-refractivity contribution in [2.75, 3.05) is 6.61 Å². The number of ether oxygens (including phenoxy) is 1. The monoisotopic (exact) mass is 397 g/mol. The first-order chi connectivity index (χ1) is 13.4. The maximum absolute atomic E-state index is 12.2. The summed E-state index contributed by atoms with van der Waals surface area (Å²) in [5, 5.41) is 23.9. The number of amidine groups is 1. The van der Waals surface area contributed by atoms with E-state index in [1.807, 2.05) is 6.92 Å². The zero-order valence-electron chi connectivity index (χ0n) is 15.2. The number of benzene rings is 2.